The minimum atomic E-state index is 0.122. The fourth-order valence-corrected chi connectivity index (χ4v) is 2.95. The van der Waals surface area contributed by atoms with E-state index >= 15 is 0 Å². The molecule has 2 heterocycles. The molecule has 0 spiro atoms. The van der Waals surface area contributed by atoms with Crippen LogP contribution in [0.25, 0.3) is 22.2 Å². The summed E-state index contributed by atoms with van der Waals surface area (Å²) in [6, 6.07) is 8.31. The molecule has 0 aliphatic heterocycles. The van der Waals surface area contributed by atoms with Crippen molar-refractivity contribution in [2.75, 3.05) is 6.61 Å². The summed E-state index contributed by atoms with van der Waals surface area (Å²) in [7, 11) is 2.02. The predicted octanol–water partition coefficient (Wildman–Crippen LogP) is 2.72. The number of aromatic nitrogens is 3. The van der Waals surface area contributed by atoms with Crippen molar-refractivity contribution in [1.29, 1.82) is 0 Å². The van der Waals surface area contributed by atoms with Crippen molar-refractivity contribution in [1.82, 2.24) is 14.5 Å². The number of rotatable bonds is 3. The molecule has 1 aromatic carbocycles. The zero-order valence-corrected chi connectivity index (χ0v) is 12.1. The van der Waals surface area contributed by atoms with Gasteiger partial charge in [0.1, 0.15) is 5.82 Å². The van der Waals surface area contributed by atoms with E-state index in [2.05, 4.69) is 39.7 Å². The lowest BCUT2D eigenvalue weighted by atomic mass is 10.1. The highest BCUT2D eigenvalue weighted by atomic mass is 16.3. The zero-order valence-electron chi connectivity index (χ0n) is 12.1. The van der Waals surface area contributed by atoms with Crippen LogP contribution >= 0.6 is 0 Å². The summed E-state index contributed by atoms with van der Waals surface area (Å²) in [6.45, 7) is 4.24. The Balaban J connectivity index is 2.28. The minimum absolute atomic E-state index is 0.122. The first kappa shape index (κ1) is 12.9. The van der Waals surface area contributed by atoms with Crippen LogP contribution in [0.5, 0.6) is 0 Å². The van der Waals surface area contributed by atoms with E-state index in [1.807, 2.05) is 20.0 Å². The Morgan fingerprint density at radius 2 is 2.00 bits per heavy atom. The van der Waals surface area contributed by atoms with Gasteiger partial charge in [-0.1, -0.05) is 18.2 Å². The quantitative estimate of drug-likeness (QED) is 0.768. The summed E-state index contributed by atoms with van der Waals surface area (Å²) >= 11 is 0. The number of fused-ring (bicyclic) bond motifs is 1. The van der Waals surface area contributed by atoms with Crippen molar-refractivity contribution in [3.05, 3.63) is 41.5 Å². The van der Waals surface area contributed by atoms with Gasteiger partial charge in [0, 0.05) is 35.6 Å². The van der Waals surface area contributed by atoms with Crippen LogP contribution in [0, 0.1) is 13.8 Å². The second-order valence-corrected chi connectivity index (χ2v) is 5.17. The molecule has 0 unspecified atom stereocenters. The van der Waals surface area contributed by atoms with Crippen LogP contribution in [0.1, 0.15) is 17.2 Å². The smallest absolute Gasteiger partial charge is 0.111 e. The Morgan fingerprint density at radius 3 is 2.75 bits per heavy atom. The molecule has 0 radical (unpaired) electrons. The number of nitrogens with one attached hydrogen (secondary N) is 1. The van der Waals surface area contributed by atoms with E-state index in [4.69, 9.17) is 5.11 Å². The number of benzene rings is 1. The molecule has 0 bridgehead atoms. The van der Waals surface area contributed by atoms with Crippen molar-refractivity contribution in [2.24, 2.45) is 7.05 Å². The van der Waals surface area contributed by atoms with Gasteiger partial charge in [-0.25, -0.2) is 4.98 Å². The largest absolute Gasteiger partial charge is 0.396 e. The summed E-state index contributed by atoms with van der Waals surface area (Å²) in [5.41, 5.74) is 5.63. The first-order chi connectivity index (χ1) is 9.63. The third-order valence-electron chi connectivity index (χ3n) is 3.83. The third-order valence-corrected chi connectivity index (χ3v) is 3.83. The second kappa shape index (κ2) is 4.80. The van der Waals surface area contributed by atoms with Crippen LogP contribution in [0.3, 0.4) is 0 Å². The maximum atomic E-state index is 9.14. The molecule has 3 aromatic rings. The van der Waals surface area contributed by atoms with E-state index in [1.165, 1.54) is 10.9 Å². The number of aliphatic hydroxyl groups excluding tert-OH is 1. The van der Waals surface area contributed by atoms with E-state index < -0.39 is 0 Å². The second-order valence-electron chi connectivity index (χ2n) is 5.17. The van der Waals surface area contributed by atoms with Gasteiger partial charge in [0.15, 0.2) is 0 Å². The molecule has 0 aliphatic rings. The van der Waals surface area contributed by atoms with Crippen molar-refractivity contribution >= 4 is 10.9 Å². The number of hydrogen-bond acceptors (Lipinski definition) is 2. The number of aliphatic hydroxyl groups is 1. The standard InChI is InChI=1S/C16H19N3O/c1-10-15(12-6-4-5-7-13(12)17-10)16-11(2)18-14(8-9-20)19(16)3/h4-7,17,20H,8-9H2,1-3H3. The molecule has 0 aliphatic carbocycles. The molecule has 0 saturated heterocycles. The molecule has 0 fully saturated rings. The number of aromatic amines is 1. The van der Waals surface area contributed by atoms with Gasteiger partial charge >= 0.3 is 0 Å². The van der Waals surface area contributed by atoms with E-state index in [9.17, 15) is 0 Å². The zero-order chi connectivity index (χ0) is 14.3. The van der Waals surface area contributed by atoms with Gasteiger partial charge in [-0.3, -0.25) is 0 Å². The average Bonchev–Trinajstić information content (AvgIpc) is 2.88. The summed E-state index contributed by atoms with van der Waals surface area (Å²) in [5.74, 6) is 0.921. The van der Waals surface area contributed by atoms with Gasteiger partial charge in [-0.2, -0.15) is 0 Å². The topological polar surface area (TPSA) is 53.8 Å². The van der Waals surface area contributed by atoms with Crippen LogP contribution in [-0.4, -0.2) is 26.2 Å². The van der Waals surface area contributed by atoms with E-state index in [0.717, 1.165) is 28.4 Å². The number of para-hydroxylation sites is 1. The van der Waals surface area contributed by atoms with Gasteiger partial charge < -0.3 is 14.7 Å². The molecule has 20 heavy (non-hydrogen) atoms. The summed E-state index contributed by atoms with van der Waals surface area (Å²) in [4.78, 5) is 8.02. The Kier molecular flexibility index (Phi) is 3.10. The lowest BCUT2D eigenvalue weighted by Crippen LogP contribution is -2.02. The molecule has 0 amide bonds. The van der Waals surface area contributed by atoms with Crippen molar-refractivity contribution in [3.8, 4) is 11.3 Å². The van der Waals surface area contributed by atoms with Crippen LogP contribution in [0.4, 0.5) is 0 Å². The molecule has 3 rings (SSSR count). The maximum absolute atomic E-state index is 9.14. The van der Waals surface area contributed by atoms with Crippen molar-refractivity contribution in [3.63, 3.8) is 0 Å². The molecule has 2 aromatic heterocycles. The van der Waals surface area contributed by atoms with Gasteiger partial charge in [-0.05, 0) is 19.9 Å². The monoisotopic (exact) mass is 269 g/mol. The normalized spacial score (nSPS) is 11.4. The summed E-state index contributed by atoms with van der Waals surface area (Å²) in [6.07, 6.45) is 0.582. The van der Waals surface area contributed by atoms with Crippen molar-refractivity contribution in [2.45, 2.75) is 20.3 Å². The van der Waals surface area contributed by atoms with E-state index in [-0.39, 0.29) is 6.61 Å². The van der Waals surface area contributed by atoms with Crippen LogP contribution in [0.15, 0.2) is 24.3 Å². The number of nitrogens with zero attached hydrogens (tertiary/aromatic N) is 2. The number of hydrogen-bond donors (Lipinski definition) is 2. The first-order valence-electron chi connectivity index (χ1n) is 6.84. The number of imidazole rings is 1. The summed E-state index contributed by atoms with van der Waals surface area (Å²) in [5, 5.41) is 10.4. The Bertz CT molecular complexity index is 767. The molecule has 4 nitrogen and oxygen atoms in total. The van der Waals surface area contributed by atoms with E-state index in [1.54, 1.807) is 0 Å². The maximum Gasteiger partial charge on any atom is 0.111 e. The fraction of sp³-hybridized carbons (Fsp3) is 0.312. The third kappa shape index (κ3) is 1.84. The van der Waals surface area contributed by atoms with Gasteiger partial charge in [-0.15, -0.1) is 0 Å². The minimum Gasteiger partial charge on any atom is -0.396 e. The van der Waals surface area contributed by atoms with E-state index in [0.29, 0.717) is 6.42 Å². The predicted molar refractivity (Wildman–Crippen MR) is 80.8 cm³/mol. The van der Waals surface area contributed by atoms with Gasteiger partial charge in [0.2, 0.25) is 0 Å². The van der Waals surface area contributed by atoms with Crippen LogP contribution < -0.4 is 0 Å². The van der Waals surface area contributed by atoms with Gasteiger partial charge in [0.05, 0.1) is 18.0 Å². The lowest BCUT2D eigenvalue weighted by molar-refractivity contribution is 0.295. The molecule has 104 valence electrons. The first-order valence-corrected chi connectivity index (χ1v) is 6.84. The Hall–Kier alpha value is -2.07. The average molecular weight is 269 g/mol. The fourth-order valence-electron chi connectivity index (χ4n) is 2.95. The molecule has 0 atom stereocenters. The number of H-pyrrole nitrogens is 1. The van der Waals surface area contributed by atoms with Crippen LogP contribution in [-0.2, 0) is 13.5 Å². The molecular formula is C16H19N3O. The Labute approximate surface area is 118 Å². The highest BCUT2D eigenvalue weighted by molar-refractivity contribution is 5.97. The SMILES string of the molecule is Cc1nc(CCO)n(C)c1-c1c(C)[nH]c2ccccc12. The lowest BCUT2D eigenvalue weighted by Gasteiger charge is -2.07. The van der Waals surface area contributed by atoms with Crippen molar-refractivity contribution < 1.29 is 5.11 Å². The Morgan fingerprint density at radius 1 is 1.25 bits per heavy atom. The molecule has 2 N–H and O–H groups in total. The van der Waals surface area contributed by atoms with Gasteiger partial charge in [0.25, 0.3) is 0 Å². The number of aryl methyl sites for hydroxylation is 2. The highest BCUT2D eigenvalue weighted by Crippen LogP contribution is 2.34. The highest BCUT2D eigenvalue weighted by Gasteiger charge is 2.18. The molecular weight excluding hydrogens is 250 g/mol. The van der Waals surface area contributed by atoms with Crippen LogP contribution in [0.2, 0.25) is 0 Å². The molecule has 0 saturated carbocycles. The molecule has 4 heteroatoms. The summed E-state index contributed by atoms with van der Waals surface area (Å²) < 4.78 is 2.09.